The van der Waals surface area contributed by atoms with Crippen LogP contribution in [0.2, 0.25) is 0 Å². The Morgan fingerprint density at radius 1 is 0.968 bits per heavy atom. The van der Waals surface area contributed by atoms with E-state index in [1.165, 1.54) is 28.6 Å². The quantitative estimate of drug-likeness (QED) is 0.655. The van der Waals surface area contributed by atoms with E-state index in [1.807, 2.05) is 5.32 Å². The lowest BCUT2D eigenvalue weighted by atomic mass is 10.2. The van der Waals surface area contributed by atoms with Gasteiger partial charge in [-0.25, -0.2) is 21.6 Å². The van der Waals surface area contributed by atoms with Crippen molar-refractivity contribution >= 4 is 27.5 Å². The van der Waals surface area contributed by atoms with Crippen LogP contribution in [-0.2, 0) is 14.8 Å². The number of nitrogens with one attached hydrogen (secondary N) is 2. The molecular formula is C20H20F3N3O4S. The number of amides is 2. The van der Waals surface area contributed by atoms with E-state index in [0.29, 0.717) is 19.2 Å². The Morgan fingerprint density at radius 2 is 1.68 bits per heavy atom. The second-order valence-electron chi connectivity index (χ2n) is 6.95. The monoisotopic (exact) mass is 455 g/mol. The van der Waals surface area contributed by atoms with Crippen LogP contribution < -0.4 is 10.6 Å². The fourth-order valence-corrected chi connectivity index (χ4v) is 4.70. The third kappa shape index (κ3) is 5.23. The molecule has 3 rings (SSSR count). The number of rotatable bonds is 6. The van der Waals surface area contributed by atoms with Gasteiger partial charge in [-0.3, -0.25) is 9.59 Å². The summed E-state index contributed by atoms with van der Waals surface area (Å²) >= 11 is 0. The Labute approximate surface area is 177 Å². The molecule has 0 unspecified atom stereocenters. The fraction of sp³-hybridized carbons (Fsp3) is 0.300. The number of carbonyl (C=O) groups is 2. The smallest absolute Gasteiger partial charge is 0.251 e. The van der Waals surface area contributed by atoms with E-state index in [1.54, 1.807) is 0 Å². The van der Waals surface area contributed by atoms with Gasteiger partial charge in [-0.15, -0.1) is 0 Å². The van der Waals surface area contributed by atoms with Crippen LogP contribution in [0.25, 0.3) is 0 Å². The van der Waals surface area contributed by atoms with Gasteiger partial charge in [0.1, 0.15) is 0 Å². The minimum absolute atomic E-state index is 0.0184. The SMILES string of the molecule is O=C(CNC(=O)c1cccc(S(=O)(=O)N2CCCCC2)c1)Nc1ccc(F)c(F)c1F. The number of benzene rings is 2. The number of anilines is 1. The second-order valence-corrected chi connectivity index (χ2v) is 8.88. The van der Waals surface area contributed by atoms with Crippen LogP contribution in [0.15, 0.2) is 41.3 Å². The van der Waals surface area contributed by atoms with Gasteiger partial charge in [0, 0.05) is 18.7 Å². The minimum Gasteiger partial charge on any atom is -0.343 e. The Bertz CT molecular complexity index is 1100. The standard InChI is InChI=1S/C20H20F3N3O4S/c21-15-7-8-16(19(23)18(15)22)25-17(27)12-24-20(28)13-5-4-6-14(11-13)31(29,30)26-9-2-1-3-10-26/h4-8,11H,1-3,9-10,12H2,(H,24,28)(H,25,27). The number of nitrogens with zero attached hydrogens (tertiary/aromatic N) is 1. The highest BCUT2D eigenvalue weighted by molar-refractivity contribution is 7.89. The average molecular weight is 455 g/mol. The van der Waals surface area contributed by atoms with Gasteiger partial charge in [0.25, 0.3) is 5.91 Å². The molecule has 2 aromatic rings. The van der Waals surface area contributed by atoms with Gasteiger partial charge in [-0.2, -0.15) is 4.31 Å². The predicted molar refractivity (Wildman–Crippen MR) is 106 cm³/mol. The Kier molecular flexibility index (Phi) is 6.96. The maximum absolute atomic E-state index is 13.6. The summed E-state index contributed by atoms with van der Waals surface area (Å²) in [5.41, 5.74) is -0.558. The average Bonchev–Trinajstić information content (AvgIpc) is 2.78. The molecule has 11 heteroatoms. The molecule has 0 atom stereocenters. The maximum Gasteiger partial charge on any atom is 0.251 e. The van der Waals surface area contributed by atoms with E-state index in [0.717, 1.165) is 25.3 Å². The van der Waals surface area contributed by atoms with Crippen LogP contribution in [0.4, 0.5) is 18.9 Å². The highest BCUT2D eigenvalue weighted by Crippen LogP contribution is 2.22. The summed E-state index contributed by atoms with van der Waals surface area (Å²) in [5.74, 6) is -6.29. The van der Waals surface area contributed by atoms with Crippen molar-refractivity contribution < 1.29 is 31.2 Å². The molecule has 1 heterocycles. The number of carbonyl (C=O) groups excluding carboxylic acids is 2. The first-order valence-corrected chi connectivity index (χ1v) is 11.0. The normalized spacial score (nSPS) is 14.8. The molecule has 0 aliphatic carbocycles. The van der Waals surface area contributed by atoms with Gasteiger partial charge in [-0.05, 0) is 43.2 Å². The molecule has 2 aromatic carbocycles. The molecule has 0 bridgehead atoms. The summed E-state index contributed by atoms with van der Waals surface area (Å²) in [6, 6.07) is 6.91. The van der Waals surface area contributed by atoms with Gasteiger partial charge in [0.15, 0.2) is 17.5 Å². The molecule has 1 saturated heterocycles. The second kappa shape index (κ2) is 9.48. The van der Waals surface area contributed by atoms with E-state index in [-0.39, 0.29) is 10.5 Å². The molecule has 166 valence electrons. The summed E-state index contributed by atoms with van der Waals surface area (Å²) in [4.78, 5) is 24.2. The number of halogens is 3. The van der Waals surface area contributed by atoms with E-state index < -0.39 is 51.5 Å². The van der Waals surface area contributed by atoms with Crippen LogP contribution in [0.3, 0.4) is 0 Å². The van der Waals surface area contributed by atoms with Crippen LogP contribution in [0.5, 0.6) is 0 Å². The van der Waals surface area contributed by atoms with E-state index in [2.05, 4.69) is 5.32 Å². The van der Waals surface area contributed by atoms with Crippen molar-refractivity contribution in [3.63, 3.8) is 0 Å². The zero-order valence-electron chi connectivity index (χ0n) is 16.3. The Morgan fingerprint density at radius 3 is 2.39 bits per heavy atom. The molecule has 7 nitrogen and oxygen atoms in total. The Hall–Kier alpha value is -2.92. The highest BCUT2D eigenvalue weighted by atomic mass is 32.2. The molecule has 2 amide bonds. The fourth-order valence-electron chi connectivity index (χ4n) is 3.13. The molecular weight excluding hydrogens is 435 g/mol. The van der Waals surface area contributed by atoms with E-state index >= 15 is 0 Å². The highest BCUT2D eigenvalue weighted by Gasteiger charge is 2.26. The molecule has 31 heavy (non-hydrogen) atoms. The molecule has 0 radical (unpaired) electrons. The molecule has 2 N–H and O–H groups in total. The van der Waals surface area contributed by atoms with Crippen molar-refractivity contribution in [2.24, 2.45) is 0 Å². The molecule has 1 fully saturated rings. The van der Waals surface area contributed by atoms with Gasteiger partial charge < -0.3 is 10.6 Å². The van der Waals surface area contributed by atoms with Crippen molar-refractivity contribution in [3.05, 3.63) is 59.4 Å². The van der Waals surface area contributed by atoms with Gasteiger partial charge in [0.05, 0.1) is 17.1 Å². The van der Waals surface area contributed by atoms with Crippen molar-refractivity contribution in [1.29, 1.82) is 0 Å². The van der Waals surface area contributed by atoms with E-state index in [9.17, 15) is 31.2 Å². The largest absolute Gasteiger partial charge is 0.343 e. The van der Waals surface area contributed by atoms with E-state index in [4.69, 9.17) is 0 Å². The first kappa shape index (κ1) is 22.8. The lowest BCUT2D eigenvalue weighted by Gasteiger charge is -2.26. The molecule has 0 spiro atoms. The summed E-state index contributed by atoms with van der Waals surface area (Å²) < 4.78 is 66.7. The third-order valence-corrected chi connectivity index (χ3v) is 6.66. The summed E-state index contributed by atoms with van der Waals surface area (Å²) in [6.07, 6.45) is 2.51. The number of sulfonamides is 1. The number of hydrogen-bond acceptors (Lipinski definition) is 4. The first-order valence-electron chi connectivity index (χ1n) is 9.52. The summed E-state index contributed by atoms with van der Waals surface area (Å²) in [7, 11) is -3.74. The van der Waals surface area contributed by atoms with Crippen molar-refractivity contribution in [1.82, 2.24) is 9.62 Å². The number of hydrogen-bond donors (Lipinski definition) is 2. The van der Waals surface area contributed by atoms with Gasteiger partial charge >= 0.3 is 0 Å². The molecule has 0 aromatic heterocycles. The third-order valence-electron chi connectivity index (χ3n) is 4.77. The van der Waals surface area contributed by atoms with Crippen LogP contribution in [0.1, 0.15) is 29.6 Å². The summed E-state index contributed by atoms with van der Waals surface area (Å²) in [5, 5.41) is 4.30. The van der Waals surface area contributed by atoms with Crippen LogP contribution >= 0.6 is 0 Å². The first-order chi connectivity index (χ1) is 14.7. The zero-order chi connectivity index (χ0) is 22.6. The Balaban J connectivity index is 1.64. The van der Waals surface area contributed by atoms with Crippen LogP contribution in [-0.4, -0.2) is 44.2 Å². The lowest BCUT2D eigenvalue weighted by molar-refractivity contribution is -0.115. The molecule has 0 saturated carbocycles. The number of piperidine rings is 1. The van der Waals surface area contributed by atoms with Gasteiger partial charge in [0.2, 0.25) is 15.9 Å². The van der Waals surface area contributed by atoms with Crippen molar-refractivity contribution in [2.75, 3.05) is 25.0 Å². The van der Waals surface area contributed by atoms with Crippen molar-refractivity contribution in [2.45, 2.75) is 24.2 Å². The predicted octanol–water partition coefficient (Wildman–Crippen LogP) is 2.65. The minimum atomic E-state index is -3.74. The topological polar surface area (TPSA) is 95.6 Å². The zero-order valence-corrected chi connectivity index (χ0v) is 17.1. The maximum atomic E-state index is 13.6. The van der Waals surface area contributed by atoms with Crippen LogP contribution in [0, 0.1) is 17.5 Å². The van der Waals surface area contributed by atoms with Gasteiger partial charge in [-0.1, -0.05) is 12.5 Å². The summed E-state index contributed by atoms with van der Waals surface area (Å²) in [6.45, 7) is 0.235. The molecule has 1 aliphatic rings. The van der Waals surface area contributed by atoms with Crippen molar-refractivity contribution in [3.8, 4) is 0 Å². The lowest BCUT2D eigenvalue weighted by Crippen LogP contribution is -2.36. The molecule has 1 aliphatic heterocycles.